The van der Waals surface area contributed by atoms with Crippen LogP contribution in [0.3, 0.4) is 0 Å². The number of benzene rings is 1. The zero-order valence-corrected chi connectivity index (χ0v) is 16.1. The summed E-state index contributed by atoms with van der Waals surface area (Å²) in [7, 11) is 2.55. The average Bonchev–Trinajstić information content (AvgIpc) is 3.19. The molecule has 1 fully saturated rings. The highest BCUT2D eigenvalue weighted by molar-refractivity contribution is 8.23. The van der Waals surface area contributed by atoms with E-state index in [1.165, 1.54) is 26.0 Å². The summed E-state index contributed by atoms with van der Waals surface area (Å²) in [4.78, 5) is 26.3. The SMILES string of the molecule is COC(=O)C(CC(SC(=S)N1CCCC1)c1ccccc1)C(=O)OC. The molecule has 7 heteroatoms. The normalized spacial score (nSPS) is 15.1. The van der Waals surface area contributed by atoms with Gasteiger partial charge in [0, 0.05) is 18.3 Å². The van der Waals surface area contributed by atoms with Crippen molar-refractivity contribution in [2.75, 3.05) is 27.3 Å². The van der Waals surface area contributed by atoms with Gasteiger partial charge in [-0.05, 0) is 24.8 Å². The van der Waals surface area contributed by atoms with Gasteiger partial charge in [-0.15, -0.1) is 0 Å². The monoisotopic (exact) mass is 381 g/mol. The van der Waals surface area contributed by atoms with E-state index in [1.807, 2.05) is 30.3 Å². The largest absolute Gasteiger partial charge is 0.468 e. The third kappa shape index (κ3) is 5.44. The number of rotatable bonds is 6. The minimum Gasteiger partial charge on any atom is -0.468 e. The molecule has 0 bridgehead atoms. The number of nitrogens with zero attached hydrogens (tertiary/aromatic N) is 1. The van der Waals surface area contributed by atoms with Gasteiger partial charge in [0.15, 0.2) is 5.92 Å². The second-order valence-electron chi connectivity index (χ2n) is 5.81. The van der Waals surface area contributed by atoms with Crippen LogP contribution in [0.15, 0.2) is 30.3 Å². The van der Waals surface area contributed by atoms with Crippen LogP contribution in [0.4, 0.5) is 0 Å². The molecule has 0 spiro atoms. The Balaban J connectivity index is 2.19. The van der Waals surface area contributed by atoms with Crippen LogP contribution in [0.25, 0.3) is 0 Å². The van der Waals surface area contributed by atoms with Crippen molar-refractivity contribution in [3.8, 4) is 0 Å². The van der Waals surface area contributed by atoms with Crippen molar-refractivity contribution >= 4 is 40.2 Å². The fraction of sp³-hybridized carbons (Fsp3) is 0.500. The number of hydrogen-bond acceptors (Lipinski definition) is 6. The third-order valence-electron chi connectivity index (χ3n) is 4.20. The van der Waals surface area contributed by atoms with Crippen LogP contribution in [0.2, 0.25) is 0 Å². The van der Waals surface area contributed by atoms with Crippen molar-refractivity contribution < 1.29 is 19.1 Å². The van der Waals surface area contributed by atoms with Crippen molar-refractivity contribution in [1.82, 2.24) is 4.90 Å². The Hall–Kier alpha value is -1.60. The van der Waals surface area contributed by atoms with Crippen molar-refractivity contribution in [3.63, 3.8) is 0 Å². The summed E-state index contributed by atoms with van der Waals surface area (Å²) in [6.45, 7) is 1.93. The van der Waals surface area contributed by atoms with E-state index in [9.17, 15) is 9.59 Å². The Bertz CT molecular complexity index is 586. The van der Waals surface area contributed by atoms with Gasteiger partial charge >= 0.3 is 11.9 Å². The highest BCUT2D eigenvalue weighted by Crippen LogP contribution is 2.37. The van der Waals surface area contributed by atoms with E-state index >= 15 is 0 Å². The number of hydrogen-bond donors (Lipinski definition) is 0. The van der Waals surface area contributed by atoms with Gasteiger partial charge in [-0.3, -0.25) is 9.59 Å². The van der Waals surface area contributed by atoms with Crippen LogP contribution in [-0.4, -0.2) is 48.5 Å². The van der Waals surface area contributed by atoms with Crippen LogP contribution in [-0.2, 0) is 19.1 Å². The van der Waals surface area contributed by atoms with Gasteiger partial charge in [-0.25, -0.2) is 0 Å². The first-order valence-electron chi connectivity index (χ1n) is 8.23. The molecule has 0 aromatic heterocycles. The van der Waals surface area contributed by atoms with Gasteiger partial charge in [-0.2, -0.15) is 0 Å². The lowest BCUT2D eigenvalue weighted by molar-refractivity contribution is -0.159. The molecular weight excluding hydrogens is 358 g/mol. The number of thiocarbonyl (C=S) groups is 1. The van der Waals surface area contributed by atoms with Crippen LogP contribution >= 0.6 is 24.0 Å². The number of ether oxygens (including phenoxy) is 2. The van der Waals surface area contributed by atoms with Crippen LogP contribution < -0.4 is 0 Å². The lowest BCUT2D eigenvalue weighted by Crippen LogP contribution is -2.29. The summed E-state index contributed by atoms with van der Waals surface area (Å²) in [5.41, 5.74) is 1.02. The fourth-order valence-corrected chi connectivity index (χ4v) is 4.49. The van der Waals surface area contributed by atoms with Crippen molar-refractivity contribution in [2.24, 2.45) is 5.92 Å². The Kier molecular flexibility index (Phi) is 7.71. The summed E-state index contributed by atoms with van der Waals surface area (Å²) in [6.07, 6.45) is 2.56. The summed E-state index contributed by atoms with van der Waals surface area (Å²) in [5, 5.41) is -0.127. The predicted octanol–water partition coefficient (Wildman–Crippen LogP) is 3.19. The molecule has 1 unspecified atom stereocenters. The molecule has 25 heavy (non-hydrogen) atoms. The zero-order chi connectivity index (χ0) is 18.2. The first-order valence-corrected chi connectivity index (χ1v) is 9.51. The van der Waals surface area contributed by atoms with E-state index < -0.39 is 17.9 Å². The quantitative estimate of drug-likeness (QED) is 0.426. The molecule has 1 aliphatic heterocycles. The lowest BCUT2D eigenvalue weighted by Gasteiger charge is -2.25. The van der Waals surface area contributed by atoms with Crippen molar-refractivity contribution in [3.05, 3.63) is 35.9 Å². The van der Waals surface area contributed by atoms with E-state index in [4.69, 9.17) is 21.7 Å². The van der Waals surface area contributed by atoms with Gasteiger partial charge in [0.1, 0.15) is 4.32 Å². The number of esters is 2. The van der Waals surface area contributed by atoms with Gasteiger partial charge in [0.2, 0.25) is 0 Å². The summed E-state index contributed by atoms with van der Waals surface area (Å²) in [6, 6.07) is 9.77. The molecule has 0 saturated carbocycles. The standard InChI is InChI=1S/C18H23NO4S2/c1-22-16(20)14(17(21)23-2)12-15(13-8-4-3-5-9-13)25-18(24)19-10-6-7-11-19/h3-5,8-9,14-15H,6-7,10-12H2,1-2H3. The molecule has 0 radical (unpaired) electrons. The van der Waals surface area contributed by atoms with Gasteiger partial charge in [0.25, 0.3) is 0 Å². The first-order chi connectivity index (χ1) is 12.1. The summed E-state index contributed by atoms with van der Waals surface area (Å²) < 4.78 is 10.4. The van der Waals surface area contributed by atoms with E-state index in [0.29, 0.717) is 0 Å². The van der Waals surface area contributed by atoms with Crippen LogP contribution in [0.1, 0.15) is 30.1 Å². The number of methoxy groups -OCH3 is 2. The molecule has 1 atom stereocenters. The molecule has 1 aliphatic rings. The number of carbonyl (C=O) groups excluding carboxylic acids is 2. The Morgan fingerprint density at radius 1 is 1.12 bits per heavy atom. The topological polar surface area (TPSA) is 55.8 Å². The average molecular weight is 382 g/mol. The molecule has 136 valence electrons. The molecule has 0 amide bonds. The molecule has 1 aromatic rings. The molecule has 1 heterocycles. The maximum atomic E-state index is 12.0. The highest BCUT2D eigenvalue weighted by Gasteiger charge is 2.33. The summed E-state index contributed by atoms with van der Waals surface area (Å²) >= 11 is 7.11. The highest BCUT2D eigenvalue weighted by atomic mass is 32.2. The summed E-state index contributed by atoms with van der Waals surface area (Å²) in [5.74, 6) is -2.13. The lowest BCUT2D eigenvalue weighted by atomic mass is 9.99. The molecular formula is C18H23NO4S2. The molecule has 5 nitrogen and oxygen atoms in total. The minimum atomic E-state index is -0.964. The Morgan fingerprint density at radius 2 is 1.68 bits per heavy atom. The predicted molar refractivity (Wildman–Crippen MR) is 102 cm³/mol. The number of likely N-dealkylation sites (tertiary alicyclic amines) is 1. The smallest absolute Gasteiger partial charge is 0.320 e. The van der Waals surface area contributed by atoms with E-state index in [2.05, 4.69) is 4.90 Å². The molecule has 1 saturated heterocycles. The second kappa shape index (κ2) is 9.77. The Morgan fingerprint density at radius 3 is 2.20 bits per heavy atom. The van der Waals surface area contributed by atoms with Gasteiger partial charge in [0.05, 0.1) is 14.2 Å². The first kappa shape index (κ1) is 19.7. The molecule has 0 N–H and O–H groups in total. The number of carbonyl (C=O) groups is 2. The minimum absolute atomic E-state index is 0.127. The number of thioether (sulfide) groups is 1. The second-order valence-corrected chi connectivity index (χ2v) is 7.65. The van der Waals surface area contributed by atoms with E-state index in [-0.39, 0.29) is 11.7 Å². The van der Waals surface area contributed by atoms with Gasteiger partial charge in [-0.1, -0.05) is 54.3 Å². The van der Waals surface area contributed by atoms with Crippen molar-refractivity contribution in [1.29, 1.82) is 0 Å². The van der Waals surface area contributed by atoms with Crippen molar-refractivity contribution in [2.45, 2.75) is 24.5 Å². The zero-order valence-electron chi connectivity index (χ0n) is 14.5. The molecule has 0 aliphatic carbocycles. The fourth-order valence-electron chi connectivity index (χ4n) is 2.80. The maximum absolute atomic E-state index is 12.0. The van der Waals surface area contributed by atoms with Gasteiger partial charge < -0.3 is 14.4 Å². The van der Waals surface area contributed by atoms with Crippen LogP contribution in [0, 0.1) is 5.92 Å². The van der Waals surface area contributed by atoms with E-state index in [1.54, 1.807) is 0 Å². The maximum Gasteiger partial charge on any atom is 0.320 e. The van der Waals surface area contributed by atoms with Crippen LogP contribution in [0.5, 0.6) is 0 Å². The molecule has 2 rings (SSSR count). The Labute approximate surface area is 158 Å². The third-order valence-corrected chi connectivity index (χ3v) is 5.96. The molecule has 1 aromatic carbocycles. The van der Waals surface area contributed by atoms with E-state index in [0.717, 1.165) is 35.8 Å².